The Morgan fingerprint density at radius 3 is 2.67 bits per heavy atom. The van der Waals surface area contributed by atoms with Crippen LogP contribution in [-0.2, 0) is 4.79 Å². The number of aliphatic hydroxyl groups excluding tert-OH is 1. The van der Waals surface area contributed by atoms with Crippen molar-refractivity contribution in [1.29, 1.82) is 0 Å². The largest absolute Gasteiger partial charge is 0.512 e. The molecule has 0 amide bonds. The average Bonchev–Trinajstić information content (AvgIpc) is 2.06. The fourth-order valence-electron chi connectivity index (χ4n) is 0.851. The number of hydrogen-bond donors (Lipinski definition) is 1. The van der Waals surface area contributed by atoms with Crippen LogP contribution < -0.4 is 0 Å². The Labute approximate surface area is 73.6 Å². The molecule has 0 spiro atoms. The predicted molar refractivity (Wildman–Crippen MR) is 50.1 cm³/mol. The molecule has 0 aromatic rings. The SMILES string of the molecule is CCCCCC(O)=CC=CC=O. The summed E-state index contributed by atoms with van der Waals surface area (Å²) in [6.07, 6.45) is 9.15. The highest BCUT2D eigenvalue weighted by Gasteiger charge is 1.90. The van der Waals surface area contributed by atoms with Gasteiger partial charge in [0.1, 0.15) is 6.29 Å². The van der Waals surface area contributed by atoms with Gasteiger partial charge in [0.15, 0.2) is 0 Å². The molecule has 0 heterocycles. The lowest BCUT2D eigenvalue weighted by atomic mass is 10.2. The molecule has 0 rings (SSSR count). The first-order valence-corrected chi connectivity index (χ1v) is 4.31. The normalized spacial score (nSPS) is 12.2. The van der Waals surface area contributed by atoms with Gasteiger partial charge in [-0.15, -0.1) is 0 Å². The second-order valence-electron chi connectivity index (χ2n) is 2.64. The quantitative estimate of drug-likeness (QED) is 0.218. The van der Waals surface area contributed by atoms with Crippen molar-refractivity contribution >= 4 is 6.29 Å². The van der Waals surface area contributed by atoms with E-state index in [2.05, 4.69) is 6.92 Å². The molecule has 0 aromatic carbocycles. The van der Waals surface area contributed by atoms with Gasteiger partial charge in [-0.05, 0) is 18.6 Å². The van der Waals surface area contributed by atoms with Gasteiger partial charge < -0.3 is 5.11 Å². The van der Waals surface area contributed by atoms with Crippen LogP contribution in [0.4, 0.5) is 0 Å². The van der Waals surface area contributed by atoms with E-state index in [-0.39, 0.29) is 0 Å². The third-order valence-electron chi connectivity index (χ3n) is 1.51. The number of allylic oxidation sites excluding steroid dienone is 4. The number of rotatable bonds is 6. The molecule has 0 aliphatic heterocycles. The number of carbonyl (C=O) groups is 1. The van der Waals surface area contributed by atoms with Crippen molar-refractivity contribution < 1.29 is 9.90 Å². The Kier molecular flexibility index (Phi) is 7.35. The van der Waals surface area contributed by atoms with Crippen LogP contribution in [0.25, 0.3) is 0 Å². The molecule has 12 heavy (non-hydrogen) atoms. The van der Waals surface area contributed by atoms with Gasteiger partial charge in [-0.2, -0.15) is 0 Å². The summed E-state index contributed by atoms with van der Waals surface area (Å²) in [5.41, 5.74) is 0. The highest BCUT2D eigenvalue weighted by Crippen LogP contribution is 2.05. The monoisotopic (exact) mass is 168 g/mol. The first kappa shape index (κ1) is 11.0. The van der Waals surface area contributed by atoms with Gasteiger partial charge in [-0.3, -0.25) is 4.79 Å². The standard InChI is InChI=1S/C10H16O2/c1-2-3-4-7-10(12)8-5-6-9-11/h5-6,8-9,12H,2-4,7H2,1H3. The number of aldehydes is 1. The molecule has 1 N–H and O–H groups in total. The minimum absolute atomic E-state index is 0.349. The van der Waals surface area contributed by atoms with E-state index in [1.54, 1.807) is 12.2 Å². The van der Waals surface area contributed by atoms with Crippen molar-refractivity contribution in [3.8, 4) is 0 Å². The predicted octanol–water partition coefficient (Wildman–Crippen LogP) is 2.76. The summed E-state index contributed by atoms with van der Waals surface area (Å²) < 4.78 is 0. The van der Waals surface area contributed by atoms with Crippen LogP contribution in [-0.4, -0.2) is 11.4 Å². The van der Waals surface area contributed by atoms with Crippen LogP contribution in [0.15, 0.2) is 24.0 Å². The third-order valence-corrected chi connectivity index (χ3v) is 1.51. The molecule has 0 aliphatic carbocycles. The zero-order valence-electron chi connectivity index (χ0n) is 7.49. The van der Waals surface area contributed by atoms with Gasteiger partial charge >= 0.3 is 0 Å². The Morgan fingerprint density at radius 1 is 1.33 bits per heavy atom. The topological polar surface area (TPSA) is 37.3 Å². The fraction of sp³-hybridized carbons (Fsp3) is 0.500. The molecule has 0 atom stereocenters. The minimum atomic E-state index is 0.349. The van der Waals surface area contributed by atoms with E-state index in [1.165, 1.54) is 6.08 Å². The lowest BCUT2D eigenvalue weighted by molar-refractivity contribution is -0.104. The summed E-state index contributed by atoms with van der Waals surface area (Å²) in [6, 6.07) is 0. The molecule has 2 nitrogen and oxygen atoms in total. The summed E-state index contributed by atoms with van der Waals surface area (Å²) in [5.74, 6) is 0.349. The Balaban J connectivity index is 3.55. The Bertz CT molecular complexity index is 169. The highest BCUT2D eigenvalue weighted by atomic mass is 16.3. The molecule has 0 saturated carbocycles. The van der Waals surface area contributed by atoms with Crippen LogP contribution in [0.3, 0.4) is 0 Å². The molecule has 0 fully saturated rings. The number of hydrogen-bond acceptors (Lipinski definition) is 2. The zero-order chi connectivity index (χ0) is 9.23. The number of unbranched alkanes of at least 4 members (excludes halogenated alkanes) is 2. The molecule has 0 bridgehead atoms. The summed E-state index contributed by atoms with van der Waals surface area (Å²) in [7, 11) is 0. The summed E-state index contributed by atoms with van der Waals surface area (Å²) >= 11 is 0. The molecule has 0 saturated heterocycles. The highest BCUT2D eigenvalue weighted by molar-refractivity contribution is 5.65. The minimum Gasteiger partial charge on any atom is -0.512 e. The molecule has 68 valence electrons. The van der Waals surface area contributed by atoms with Crippen LogP contribution >= 0.6 is 0 Å². The van der Waals surface area contributed by atoms with Crippen LogP contribution in [0.2, 0.25) is 0 Å². The van der Waals surface area contributed by atoms with E-state index in [0.717, 1.165) is 19.3 Å². The maximum Gasteiger partial charge on any atom is 0.142 e. The molecule has 0 aromatic heterocycles. The van der Waals surface area contributed by atoms with E-state index >= 15 is 0 Å². The van der Waals surface area contributed by atoms with E-state index in [1.807, 2.05) is 0 Å². The van der Waals surface area contributed by atoms with E-state index in [9.17, 15) is 9.90 Å². The van der Waals surface area contributed by atoms with Crippen LogP contribution in [0.1, 0.15) is 32.6 Å². The molecule has 2 heteroatoms. The van der Waals surface area contributed by atoms with Gasteiger partial charge in [0.05, 0.1) is 5.76 Å². The fourth-order valence-corrected chi connectivity index (χ4v) is 0.851. The first-order valence-electron chi connectivity index (χ1n) is 4.31. The molecular weight excluding hydrogens is 152 g/mol. The second-order valence-corrected chi connectivity index (χ2v) is 2.64. The van der Waals surface area contributed by atoms with Gasteiger partial charge in [-0.25, -0.2) is 0 Å². The third kappa shape index (κ3) is 7.06. The number of aliphatic hydroxyl groups is 1. The van der Waals surface area contributed by atoms with Crippen molar-refractivity contribution in [3.05, 3.63) is 24.0 Å². The van der Waals surface area contributed by atoms with Crippen molar-refractivity contribution in [3.63, 3.8) is 0 Å². The Morgan fingerprint density at radius 2 is 2.08 bits per heavy atom. The first-order chi connectivity index (χ1) is 5.81. The van der Waals surface area contributed by atoms with E-state index in [4.69, 9.17) is 0 Å². The average molecular weight is 168 g/mol. The lowest BCUT2D eigenvalue weighted by Gasteiger charge is -1.96. The molecule has 0 unspecified atom stereocenters. The van der Waals surface area contributed by atoms with E-state index < -0.39 is 0 Å². The molecule has 0 aliphatic rings. The van der Waals surface area contributed by atoms with Gasteiger partial charge in [-0.1, -0.05) is 25.8 Å². The van der Waals surface area contributed by atoms with E-state index in [0.29, 0.717) is 18.5 Å². The summed E-state index contributed by atoms with van der Waals surface area (Å²) in [5, 5.41) is 9.20. The lowest BCUT2D eigenvalue weighted by Crippen LogP contribution is -1.81. The van der Waals surface area contributed by atoms with Crippen LogP contribution in [0, 0.1) is 0 Å². The van der Waals surface area contributed by atoms with Crippen molar-refractivity contribution in [2.45, 2.75) is 32.6 Å². The van der Waals surface area contributed by atoms with Gasteiger partial charge in [0, 0.05) is 6.42 Å². The molecule has 0 radical (unpaired) electrons. The Hall–Kier alpha value is -1.05. The summed E-state index contributed by atoms with van der Waals surface area (Å²) in [4.78, 5) is 9.85. The number of carbonyl (C=O) groups excluding carboxylic acids is 1. The van der Waals surface area contributed by atoms with Gasteiger partial charge in [0.2, 0.25) is 0 Å². The van der Waals surface area contributed by atoms with Crippen molar-refractivity contribution in [2.24, 2.45) is 0 Å². The maximum atomic E-state index is 9.85. The van der Waals surface area contributed by atoms with Gasteiger partial charge in [0.25, 0.3) is 0 Å². The molecular formula is C10H16O2. The smallest absolute Gasteiger partial charge is 0.142 e. The van der Waals surface area contributed by atoms with Crippen molar-refractivity contribution in [2.75, 3.05) is 0 Å². The van der Waals surface area contributed by atoms with Crippen LogP contribution in [0.5, 0.6) is 0 Å². The van der Waals surface area contributed by atoms with Crippen molar-refractivity contribution in [1.82, 2.24) is 0 Å². The second kappa shape index (κ2) is 8.05. The maximum absolute atomic E-state index is 9.85. The summed E-state index contributed by atoms with van der Waals surface area (Å²) in [6.45, 7) is 2.12. The zero-order valence-corrected chi connectivity index (χ0v) is 7.49.